The fourth-order valence-electron chi connectivity index (χ4n) is 5.15. The van der Waals surface area contributed by atoms with Crippen molar-refractivity contribution in [2.45, 2.75) is 38.5 Å². The molecule has 2 heterocycles. The highest BCUT2D eigenvalue weighted by molar-refractivity contribution is 8.03. The molecule has 2 aliphatic rings. The molecular weight excluding hydrogens is 572 g/mol. The van der Waals surface area contributed by atoms with Crippen LogP contribution in [0.2, 0.25) is 0 Å². The largest absolute Gasteiger partial charge is 0.477 e. The van der Waals surface area contributed by atoms with Gasteiger partial charge in [-0.25, -0.2) is 9.59 Å². The summed E-state index contributed by atoms with van der Waals surface area (Å²) in [6, 6.07) is 10.9. The van der Waals surface area contributed by atoms with Gasteiger partial charge in [0, 0.05) is 53.4 Å². The molecule has 0 bridgehead atoms. The lowest BCUT2D eigenvalue weighted by Gasteiger charge is -2.23. The smallest absolute Gasteiger partial charge is 0.407 e. The SMILES string of the molecule is C[C@@H](O)[C@@H]1C[C@H]2C(Cc3ccc([N+](=O)[O-])cc3)C(SCCNC(=O)OCc3ccc([N+](=O)[O-])cc3)=C(C(=O)O)N2C1=O. The van der Waals surface area contributed by atoms with Crippen LogP contribution in [0.3, 0.4) is 0 Å². The summed E-state index contributed by atoms with van der Waals surface area (Å²) in [5.74, 6) is -2.69. The van der Waals surface area contributed by atoms with Crippen molar-refractivity contribution in [3.63, 3.8) is 0 Å². The van der Waals surface area contributed by atoms with Crippen LogP contribution < -0.4 is 5.32 Å². The first-order valence-electron chi connectivity index (χ1n) is 13.0. The highest BCUT2D eigenvalue weighted by Gasteiger charge is 2.54. The number of aliphatic hydroxyl groups excluding tert-OH is 1. The summed E-state index contributed by atoms with van der Waals surface area (Å²) in [5.41, 5.74) is 0.946. The molecule has 2 aromatic carbocycles. The maximum absolute atomic E-state index is 13.1. The van der Waals surface area contributed by atoms with E-state index in [1.807, 2.05) is 0 Å². The summed E-state index contributed by atoms with van der Waals surface area (Å²) in [5, 5.41) is 44.6. The van der Waals surface area contributed by atoms with Crippen molar-refractivity contribution in [2.75, 3.05) is 12.3 Å². The van der Waals surface area contributed by atoms with Gasteiger partial charge in [0.1, 0.15) is 12.3 Å². The van der Waals surface area contributed by atoms with Gasteiger partial charge in [0.05, 0.1) is 21.9 Å². The number of nitrogens with one attached hydrogen (secondary N) is 1. The molecule has 15 heteroatoms. The van der Waals surface area contributed by atoms with Gasteiger partial charge in [0.2, 0.25) is 5.91 Å². The summed E-state index contributed by atoms with van der Waals surface area (Å²) in [4.78, 5) is 60.2. The van der Waals surface area contributed by atoms with Crippen LogP contribution in [0.15, 0.2) is 59.1 Å². The number of nitro groups is 2. The molecule has 2 aliphatic heterocycles. The number of amides is 2. The Morgan fingerprint density at radius 2 is 1.64 bits per heavy atom. The number of carbonyl (C=O) groups is 3. The number of aliphatic carboxylic acids is 1. The zero-order valence-electron chi connectivity index (χ0n) is 22.4. The first kappa shape index (κ1) is 30.5. The Labute approximate surface area is 243 Å². The number of nitro benzene ring substituents is 2. The van der Waals surface area contributed by atoms with E-state index in [-0.39, 0.29) is 42.4 Å². The highest BCUT2D eigenvalue weighted by Crippen LogP contribution is 2.49. The first-order valence-corrected chi connectivity index (χ1v) is 13.9. The molecule has 3 N–H and O–H groups in total. The molecule has 1 fully saturated rings. The third kappa shape index (κ3) is 6.69. The van der Waals surface area contributed by atoms with Gasteiger partial charge >= 0.3 is 12.1 Å². The van der Waals surface area contributed by atoms with Crippen LogP contribution >= 0.6 is 11.8 Å². The summed E-state index contributed by atoms with van der Waals surface area (Å²) in [6.45, 7) is 1.49. The van der Waals surface area contributed by atoms with E-state index in [0.717, 1.165) is 5.56 Å². The fourth-order valence-corrected chi connectivity index (χ4v) is 6.35. The number of hydrogen-bond acceptors (Lipinski definition) is 10. The third-order valence-corrected chi connectivity index (χ3v) is 8.41. The molecule has 42 heavy (non-hydrogen) atoms. The number of nitrogens with zero attached hydrogens (tertiary/aromatic N) is 3. The number of benzene rings is 2. The van der Waals surface area contributed by atoms with E-state index in [9.17, 15) is 44.8 Å². The predicted molar refractivity (Wildman–Crippen MR) is 149 cm³/mol. The Morgan fingerprint density at radius 3 is 2.17 bits per heavy atom. The Balaban J connectivity index is 1.43. The normalized spacial score (nSPS) is 20.3. The lowest BCUT2D eigenvalue weighted by atomic mass is 9.88. The van der Waals surface area contributed by atoms with Gasteiger partial charge in [-0.2, -0.15) is 0 Å². The monoisotopic (exact) mass is 600 g/mol. The standard InChI is InChI=1S/C27H28N4O10S/c1-15(32)20-13-22-21(12-16-2-6-18(7-3-16)30(37)38)24(23(26(34)35)29(22)25(20)33)42-11-10-28-27(36)41-14-17-4-8-19(9-5-17)31(39)40/h2-9,15,20-22,32H,10-14H2,1H3,(H,28,36)(H,34,35)/t15-,20+,21?,22+/m1/s1. The second kappa shape index (κ2) is 13.0. The van der Waals surface area contributed by atoms with Gasteiger partial charge in [-0.1, -0.05) is 12.1 Å². The summed E-state index contributed by atoms with van der Waals surface area (Å²) < 4.78 is 5.14. The second-order valence-electron chi connectivity index (χ2n) is 9.89. The van der Waals surface area contributed by atoms with E-state index in [4.69, 9.17) is 4.74 Å². The van der Waals surface area contributed by atoms with Crippen molar-refractivity contribution in [1.29, 1.82) is 0 Å². The fraction of sp³-hybridized carbons (Fsp3) is 0.370. The number of rotatable bonds is 12. The molecule has 0 spiro atoms. The predicted octanol–water partition coefficient (Wildman–Crippen LogP) is 3.23. The Morgan fingerprint density at radius 1 is 1.07 bits per heavy atom. The highest BCUT2D eigenvalue weighted by atomic mass is 32.2. The molecule has 1 unspecified atom stereocenters. The van der Waals surface area contributed by atoms with Gasteiger partial charge in [0.25, 0.3) is 11.4 Å². The number of non-ortho nitro benzene ring substituents is 2. The molecule has 0 radical (unpaired) electrons. The van der Waals surface area contributed by atoms with Gasteiger partial charge in [-0.3, -0.25) is 25.0 Å². The van der Waals surface area contributed by atoms with E-state index >= 15 is 0 Å². The van der Waals surface area contributed by atoms with Crippen molar-refractivity contribution in [3.8, 4) is 0 Å². The van der Waals surface area contributed by atoms with E-state index in [1.165, 1.54) is 60.0 Å². The molecule has 0 aliphatic carbocycles. The average molecular weight is 601 g/mol. The number of alkyl carbamates (subject to hydrolysis) is 1. The van der Waals surface area contributed by atoms with Crippen molar-refractivity contribution in [1.82, 2.24) is 10.2 Å². The minimum absolute atomic E-state index is 0.0834. The van der Waals surface area contributed by atoms with Crippen LogP contribution in [0.25, 0.3) is 0 Å². The van der Waals surface area contributed by atoms with Crippen LogP contribution in [0.1, 0.15) is 24.5 Å². The van der Waals surface area contributed by atoms with Crippen LogP contribution in [0, 0.1) is 32.1 Å². The number of hydrogen-bond donors (Lipinski definition) is 3. The van der Waals surface area contributed by atoms with Crippen LogP contribution in [-0.4, -0.2) is 67.4 Å². The molecule has 0 aromatic heterocycles. The van der Waals surface area contributed by atoms with Crippen molar-refractivity contribution in [2.24, 2.45) is 11.8 Å². The molecule has 2 aromatic rings. The van der Waals surface area contributed by atoms with Crippen LogP contribution in [0.5, 0.6) is 0 Å². The summed E-state index contributed by atoms with van der Waals surface area (Å²) in [7, 11) is 0. The number of aliphatic hydroxyl groups is 1. The molecule has 0 saturated carbocycles. The Hall–Kier alpha value is -4.50. The topological polar surface area (TPSA) is 202 Å². The molecule has 4 rings (SSSR count). The summed E-state index contributed by atoms with van der Waals surface area (Å²) in [6.07, 6.45) is -1.13. The van der Waals surface area contributed by atoms with Crippen molar-refractivity contribution < 1.29 is 39.2 Å². The molecule has 14 nitrogen and oxygen atoms in total. The molecule has 4 atom stereocenters. The minimum Gasteiger partial charge on any atom is -0.477 e. The minimum atomic E-state index is -1.29. The van der Waals surface area contributed by atoms with E-state index in [0.29, 0.717) is 16.9 Å². The van der Waals surface area contributed by atoms with E-state index in [2.05, 4.69) is 5.32 Å². The number of carboxylic acid groups (broad SMARTS) is 1. The Bertz CT molecular complexity index is 1410. The van der Waals surface area contributed by atoms with E-state index in [1.54, 1.807) is 12.1 Å². The lowest BCUT2D eigenvalue weighted by molar-refractivity contribution is -0.385. The number of thioether (sulfide) groups is 1. The van der Waals surface area contributed by atoms with Crippen molar-refractivity contribution in [3.05, 3.63) is 90.5 Å². The molecule has 1 saturated heterocycles. The second-order valence-corrected chi connectivity index (χ2v) is 11.0. The summed E-state index contributed by atoms with van der Waals surface area (Å²) >= 11 is 1.19. The number of ether oxygens (including phenoxy) is 1. The zero-order valence-corrected chi connectivity index (χ0v) is 23.2. The van der Waals surface area contributed by atoms with Gasteiger partial charge in [0.15, 0.2) is 0 Å². The molecule has 2 amide bonds. The number of fused-ring (bicyclic) bond motifs is 1. The average Bonchev–Trinajstić information content (AvgIpc) is 3.44. The van der Waals surface area contributed by atoms with Gasteiger partial charge in [-0.05, 0) is 43.0 Å². The van der Waals surface area contributed by atoms with Gasteiger partial charge in [-0.15, -0.1) is 11.8 Å². The first-order chi connectivity index (χ1) is 20.0. The van der Waals surface area contributed by atoms with E-state index < -0.39 is 51.8 Å². The molecule has 222 valence electrons. The molecular formula is C27H28N4O10S. The van der Waals surface area contributed by atoms with Gasteiger partial charge < -0.3 is 25.2 Å². The Kier molecular flexibility index (Phi) is 9.42. The maximum Gasteiger partial charge on any atom is 0.407 e. The number of carbonyl (C=O) groups excluding carboxylic acids is 2. The maximum atomic E-state index is 13.1. The van der Waals surface area contributed by atoms with Crippen LogP contribution in [0.4, 0.5) is 16.2 Å². The number of carboxylic acids is 1. The zero-order chi connectivity index (χ0) is 30.6. The lowest BCUT2D eigenvalue weighted by Crippen LogP contribution is -2.35. The van der Waals surface area contributed by atoms with Crippen molar-refractivity contribution >= 4 is 41.1 Å². The quantitative estimate of drug-likeness (QED) is 0.183. The van der Waals surface area contributed by atoms with Crippen LogP contribution in [-0.2, 0) is 27.4 Å². The third-order valence-electron chi connectivity index (χ3n) is 7.19.